The van der Waals surface area contributed by atoms with Crippen molar-refractivity contribution in [3.63, 3.8) is 0 Å². The number of aromatic nitrogens is 4. The normalized spacial score (nSPS) is 34.7. The van der Waals surface area contributed by atoms with Gasteiger partial charge in [-0.25, -0.2) is 14.8 Å². The number of aliphatic hydroxyl groups excluding tert-OH is 9. The second-order valence-electron chi connectivity index (χ2n) is 35.3. The predicted octanol–water partition coefficient (Wildman–Crippen LogP) is 5.99. The number of thioether (sulfide) groups is 1. The summed E-state index contributed by atoms with van der Waals surface area (Å²) in [5.41, 5.74) is 2.16. The average Bonchev–Trinajstić information content (AvgIpc) is 1.58. The Morgan fingerprint density at radius 3 is 1.67 bits per heavy atom. The van der Waals surface area contributed by atoms with Crippen LogP contribution in [0.2, 0.25) is 0 Å². The molecule has 7 aliphatic heterocycles. The fourth-order valence-electron chi connectivity index (χ4n) is 21.0. The highest BCUT2D eigenvalue weighted by Crippen LogP contribution is 2.70. The van der Waals surface area contributed by atoms with E-state index in [4.69, 9.17) is 62.6 Å². The number of rotatable bonds is 25. The van der Waals surface area contributed by atoms with Gasteiger partial charge >= 0.3 is 11.9 Å². The quantitative estimate of drug-likeness (QED) is 0.0269. The van der Waals surface area contributed by atoms with Gasteiger partial charge in [-0.2, -0.15) is 9.97 Å². The lowest BCUT2D eigenvalue weighted by Gasteiger charge is -2.65. The van der Waals surface area contributed by atoms with E-state index in [0.29, 0.717) is 81.0 Å². The summed E-state index contributed by atoms with van der Waals surface area (Å²) in [6.45, 7) is 16.8. The summed E-state index contributed by atoms with van der Waals surface area (Å²) in [6, 6.07) is 15.4. The first-order valence-electron chi connectivity index (χ1n) is 43.6. The molecule has 9 fully saturated rings. The van der Waals surface area contributed by atoms with Crippen LogP contribution < -0.4 is 29.2 Å². The molecule has 0 bridgehead atoms. The van der Waals surface area contributed by atoms with Gasteiger partial charge in [-0.05, 0) is 189 Å². The van der Waals surface area contributed by atoms with Crippen LogP contribution in [-0.2, 0) is 52.3 Å². The molecule has 1 amide bonds. The molecular weight excluding hydrogens is 1600 g/mol. The van der Waals surface area contributed by atoms with Crippen molar-refractivity contribution in [3.05, 3.63) is 65.7 Å². The number of likely N-dealkylation sites (N-methyl/N-ethyl adjacent to an activating group) is 1. The third kappa shape index (κ3) is 20.7. The predicted molar refractivity (Wildman–Crippen MR) is 454 cm³/mol. The minimum Gasteiger partial charge on any atom is -0.497 e. The first-order chi connectivity index (χ1) is 57.6. The zero-order chi connectivity index (χ0) is 85.5. The van der Waals surface area contributed by atoms with Gasteiger partial charge < -0.3 is 123 Å². The number of nitrogens with zero attached hydrogens (tertiary/aromatic N) is 10. The molecule has 2 aromatic carbocycles. The number of halogens is 1. The average molecular weight is 1740 g/mol. The fourth-order valence-corrected chi connectivity index (χ4v) is 22.3. The molecule has 10 N–H and O–H groups in total. The Hall–Kier alpha value is -6.03. The number of hydrogen-bond acceptors (Lipinski definition) is 32. The van der Waals surface area contributed by atoms with Crippen LogP contribution in [0.3, 0.4) is 0 Å². The molecule has 23 atom stereocenters. The highest BCUT2D eigenvalue weighted by molar-refractivity contribution is 7.99. The molecule has 9 heterocycles. The van der Waals surface area contributed by atoms with E-state index in [1.807, 2.05) is 81.4 Å². The molecule has 32 nitrogen and oxygen atoms in total. The van der Waals surface area contributed by atoms with Crippen LogP contribution >= 0.6 is 24.2 Å². The van der Waals surface area contributed by atoms with Crippen LogP contribution in [0.15, 0.2) is 65.1 Å². The Bertz CT molecular complexity index is 3980. The topological polar surface area (TPSA) is 408 Å². The van der Waals surface area contributed by atoms with Crippen molar-refractivity contribution in [1.29, 1.82) is 0 Å². The van der Waals surface area contributed by atoms with Crippen molar-refractivity contribution in [2.24, 2.45) is 34.5 Å². The lowest BCUT2D eigenvalue weighted by atomic mass is 9.42. The zero-order valence-electron chi connectivity index (χ0n) is 71.5. The van der Waals surface area contributed by atoms with Gasteiger partial charge in [0, 0.05) is 108 Å². The smallest absolute Gasteiger partial charge is 0.331 e. The number of ether oxygens (including phenoxy) is 9. The first-order valence-corrected chi connectivity index (χ1v) is 44.5. The van der Waals surface area contributed by atoms with Gasteiger partial charge in [-0.3, -0.25) is 9.59 Å². The molecule has 674 valence electrons. The molecule has 15 rings (SSSR count). The number of esters is 2. The number of anilines is 5. The Kier molecular flexibility index (Phi) is 32.4. The second kappa shape index (κ2) is 41.6. The number of para-hydroxylation sites is 1. The van der Waals surface area contributed by atoms with Crippen molar-refractivity contribution < 1.29 is 108 Å². The molecule has 0 radical (unpaired) electrons. The highest BCUT2D eigenvalue weighted by Gasteiger charge is 2.71. The van der Waals surface area contributed by atoms with Gasteiger partial charge in [0.1, 0.15) is 41.7 Å². The number of methoxy groups -OCH3 is 1. The minimum absolute atomic E-state index is 0. The van der Waals surface area contributed by atoms with E-state index < -0.39 is 103 Å². The van der Waals surface area contributed by atoms with Crippen LogP contribution in [0.4, 0.5) is 29.2 Å². The Balaban J connectivity index is 0.000000176. The number of hydrogen-bond donors (Lipinski definition) is 10. The molecule has 5 saturated heterocycles. The molecule has 4 aromatic rings. The first kappa shape index (κ1) is 94.1. The lowest BCUT2D eigenvalue weighted by Crippen LogP contribution is -2.67. The van der Waals surface area contributed by atoms with Crippen LogP contribution in [0.1, 0.15) is 162 Å². The monoisotopic (exact) mass is 1730 g/mol. The maximum Gasteiger partial charge on any atom is 0.331 e. The van der Waals surface area contributed by atoms with Gasteiger partial charge in [0.15, 0.2) is 36.6 Å². The molecule has 121 heavy (non-hydrogen) atoms. The van der Waals surface area contributed by atoms with Gasteiger partial charge in [0.05, 0.1) is 98.9 Å². The number of benzene rings is 2. The van der Waals surface area contributed by atoms with E-state index in [-0.39, 0.29) is 111 Å². The standard InChI is InChI=1S/C41H64O14.C24H40N8O4.C22H26N2O4S.ClH/c1-19-36(47)28(42)15-34(50-19)54-38-21(3)52-35(17-30(38)44)55-37-20(2)51-33(16-29(37)43)53-24-8-10-39(4)23(13-24)6-7-26-27(39)14-31(45)40(5)25(9-11-41(26,40)48)22-12-32(46)49-18-22;33-15-11-31(12-16-34)23-26-20-19(21(27-23)29-7-3-1-4-8-29)25-24(32(13-17-35)14-18-36)28-22(20)30-9-5-2-6-10-30;1-15(25)28-20-21(16-9-11-17(27-4)12-10-16)29-19-8-6-5-7-18(19)24(22(20)26)14-13-23(2)3;/h12,19-21,23-31,33-38,42-45,47-48H,6-11,13-18H2,1-5H3;33-36H,1-18H2;5-12,20-21H,13-14H2,1-4H3;1H/t19-,20-,21-,23-,24+,25-,26-,27+,28+,29+,30+,31-,33+,34+,35+,36-,37-,38-,39+,40+,41+;;20-,21+;/m1.1./s1. The maximum atomic E-state index is 13.6. The van der Waals surface area contributed by atoms with E-state index in [2.05, 4.69) is 16.7 Å². The van der Waals surface area contributed by atoms with E-state index in [9.17, 15) is 65.4 Å². The Morgan fingerprint density at radius 1 is 0.628 bits per heavy atom. The second-order valence-corrected chi connectivity index (χ2v) is 36.5. The Morgan fingerprint density at radius 2 is 1.17 bits per heavy atom. The summed E-state index contributed by atoms with van der Waals surface area (Å²) in [6.07, 6.45) is 4.18. The summed E-state index contributed by atoms with van der Waals surface area (Å²) in [4.78, 5) is 69.9. The highest BCUT2D eigenvalue weighted by atomic mass is 35.5. The van der Waals surface area contributed by atoms with E-state index in [0.717, 1.165) is 129 Å². The van der Waals surface area contributed by atoms with Crippen molar-refractivity contribution in [2.75, 3.05) is 144 Å². The number of piperidine rings is 2. The van der Waals surface area contributed by atoms with Crippen LogP contribution in [0.25, 0.3) is 11.0 Å². The lowest BCUT2D eigenvalue weighted by molar-refractivity contribution is -0.336. The fraction of sp³-hybridized carbons (Fsp3) is 0.736. The number of amides is 1. The number of cyclic esters (lactones) is 1. The molecule has 34 heteroatoms. The van der Waals surface area contributed by atoms with Crippen molar-refractivity contribution >= 4 is 82.3 Å². The van der Waals surface area contributed by atoms with E-state index in [1.54, 1.807) is 53.5 Å². The number of aliphatic hydroxyl groups is 10. The molecular formula is C87H131ClN10O22S. The zero-order valence-corrected chi connectivity index (χ0v) is 73.2. The summed E-state index contributed by atoms with van der Waals surface area (Å²) in [7, 11) is 5.54. The molecule has 4 saturated carbocycles. The number of fused-ring (bicyclic) bond motifs is 7. The minimum atomic E-state index is -1.01. The summed E-state index contributed by atoms with van der Waals surface area (Å²) in [5.74, 6) is 2.61. The number of carbonyl (C=O) groups excluding carboxylic acids is 3. The van der Waals surface area contributed by atoms with Crippen molar-refractivity contribution in [2.45, 2.75) is 259 Å². The number of carbonyl (C=O) groups is 3. The summed E-state index contributed by atoms with van der Waals surface area (Å²) < 4.78 is 52.9. The van der Waals surface area contributed by atoms with Gasteiger partial charge in [-0.15, -0.1) is 24.2 Å². The SMILES string of the molecule is COc1ccc([C@@H]2Sc3ccccc3N(CCN(C)C)C(=O)[C@@H]2OC(C)=O)cc1.C[C@H]1O[C@@H](O[C@H]2[C@@H](O)C[C@H](O[C@H]3[C@@H](O)C[C@H](O[C@H]4CC[C@@]5(C)[C@H](CC[C@@H]6[C@@H]5C[C@@H](O)[C@]5(C)[C@@H](C7=CC(=O)OC7)CC[C@]65O)C4)O[C@@H]3C)O[C@@H]2C)C[C@H](O)[C@@H]1O.Cl.OCCN(CCO)c1nc(N2CCCCC2)c2nc(N(CCO)CCO)nc(N3CCCCC3)c2n1. The molecule has 4 aliphatic carbocycles. The van der Waals surface area contributed by atoms with Gasteiger partial charge in [0.25, 0.3) is 5.91 Å². The summed E-state index contributed by atoms with van der Waals surface area (Å²) >= 11 is 1.54. The largest absolute Gasteiger partial charge is 0.497 e. The molecule has 2 aromatic heterocycles. The Labute approximate surface area is 720 Å². The van der Waals surface area contributed by atoms with E-state index >= 15 is 0 Å². The van der Waals surface area contributed by atoms with Crippen molar-refractivity contribution in [3.8, 4) is 5.75 Å². The molecule has 0 unspecified atom stereocenters. The van der Waals surface area contributed by atoms with Gasteiger partial charge in [0.2, 0.25) is 11.9 Å². The maximum absolute atomic E-state index is 13.6. The summed E-state index contributed by atoms with van der Waals surface area (Å²) in [5, 5.41) is 105. The van der Waals surface area contributed by atoms with Crippen LogP contribution in [0, 0.1) is 34.5 Å². The van der Waals surface area contributed by atoms with E-state index in [1.165, 1.54) is 19.8 Å². The van der Waals surface area contributed by atoms with Crippen LogP contribution in [-0.4, -0.2) is 311 Å². The third-order valence-corrected chi connectivity index (χ3v) is 28.9. The third-order valence-electron chi connectivity index (χ3n) is 27.5. The van der Waals surface area contributed by atoms with Crippen LogP contribution in [0.5, 0.6) is 5.75 Å². The van der Waals surface area contributed by atoms with Crippen molar-refractivity contribution in [1.82, 2.24) is 24.8 Å². The molecule has 0 spiro atoms. The molecule has 11 aliphatic rings. The van der Waals surface area contributed by atoms with Gasteiger partial charge in [-0.1, -0.05) is 38.1 Å².